The molecule has 1 aliphatic rings. The molecule has 2 heterocycles. The van der Waals surface area contributed by atoms with Gasteiger partial charge >= 0.3 is 0 Å². The number of hydrogen-bond donors (Lipinski definition) is 2. The molecule has 0 saturated carbocycles. The van der Waals surface area contributed by atoms with Crippen LogP contribution in [0.25, 0.3) is 6.08 Å². The van der Waals surface area contributed by atoms with E-state index >= 15 is 0 Å². The van der Waals surface area contributed by atoms with Gasteiger partial charge in [0.25, 0.3) is 0 Å². The van der Waals surface area contributed by atoms with Gasteiger partial charge in [-0.2, -0.15) is 0 Å². The van der Waals surface area contributed by atoms with Gasteiger partial charge in [-0.1, -0.05) is 6.07 Å². The molecular formula is C13H18N2OS. The maximum Gasteiger partial charge on any atom is 0.244 e. The lowest BCUT2D eigenvalue weighted by Crippen LogP contribution is -2.29. The molecule has 1 unspecified atom stereocenters. The summed E-state index contributed by atoms with van der Waals surface area (Å²) in [7, 11) is 0. The highest BCUT2D eigenvalue weighted by Gasteiger charge is 2.12. The van der Waals surface area contributed by atoms with Crippen molar-refractivity contribution in [2.75, 3.05) is 13.1 Å². The molecule has 0 radical (unpaired) electrons. The summed E-state index contributed by atoms with van der Waals surface area (Å²) in [6.45, 7) is 1.88. The summed E-state index contributed by atoms with van der Waals surface area (Å²) in [4.78, 5) is 12.6. The van der Waals surface area contributed by atoms with Crippen LogP contribution in [0.15, 0.2) is 23.6 Å². The number of carbonyl (C=O) groups excluding carboxylic acids is 1. The van der Waals surface area contributed by atoms with Crippen molar-refractivity contribution >= 4 is 23.3 Å². The van der Waals surface area contributed by atoms with Gasteiger partial charge in [0.2, 0.25) is 5.91 Å². The van der Waals surface area contributed by atoms with E-state index < -0.39 is 0 Å². The summed E-state index contributed by atoms with van der Waals surface area (Å²) in [6, 6.07) is 4.57. The van der Waals surface area contributed by atoms with Gasteiger partial charge in [-0.05, 0) is 43.3 Å². The maximum atomic E-state index is 11.5. The number of thiophene rings is 1. The Morgan fingerprint density at radius 2 is 2.59 bits per heavy atom. The first-order valence-corrected chi connectivity index (χ1v) is 6.95. The molecule has 3 nitrogen and oxygen atoms in total. The highest BCUT2D eigenvalue weighted by molar-refractivity contribution is 7.10. The topological polar surface area (TPSA) is 41.1 Å². The third-order valence-electron chi connectivity index (χ3n) is 2.90. The molecule has 4 heteroatoms. The van der Waals surface area contributed by atoms with Crippen molar-refractivity contribution < 1.29 is 4.79 Å². The average Bonchev–Trinajstić information content (AvgIpc) is 2.99. The number of nitrogens with one attached hydrogen (secondary N) is 2. The second-order valence-electron chi connectivity index (χ2n) is 4.22. The molecule has 0 aliphatic carbocycles. The zero-order valence-electron chi connectivity index (χ0n) is 9.82. The fourth-order valence-corrected chi connectivity index (χ4v) is 2.59. The predicted molar refractivity (Wildman–Crippen MR) is 72.0 cm³/mol. The van der Waals surface area contributed by atoms with E-state index in [0.717, 1.165) is 24.4 Å². The Morgan fingerprint density at radius 1 is 1.65 bits per heavy atom. The van der Waals surface area contributed by atoms with Crippen LogP contribution in [0.5, 0.6) is 0 Å². The van der Waals surface area contributed by atoms with E-state index in [0.29, 0.717) is 6.04 Å². The highest BCUT2D eigenvalue weighted by Crippen LogP contribution is 2.10. The number of rotatable bonds is 5. The van der Waals surface area contributed by atoms with Crippen LogP contribution in [0.1, 0.15) is 24.1 Å². The molecule has 0 bridgehead atoms. The van der Waals surface area contributed by atoms with Crippen molar-refractivity contribution in [3.8, 4) is 0 Å². The third-order valence-corrected chi connectivity index (χ3v) is 3.73. The predicted octanol–water partition coefficient (Wildman–Crippen LogP) is 2.02. The van der Waals surface area contributed by atoms with Crippen LogP contribution in [-0.2, 0) is 4.79 Å². The number of amides is 1. The van der Waals surface area contributed by atoms with Crippen LogP contribution in [0.2, 0.25) is 0 Å². The van der Waals surface area contributed by atoms with Crippen LogP contribution in [0, 0.1) is 0 Å². The molecule has 1 amide bonds. The van der Waals surface area contributed by atoms with E-state index in [4.69, 9.17) is 0 Å². The standard InChI is InChI=1S/C13H18N2OS/c16-13(6-5-12-4-2-10-17-12)15-9-7-11-3-1-8-14-11/h2,4-6,10-11,14H,1,3,7-9H2,(H,15,16)/b6-5+. The molecule has 1 aromatic heterocycles. The maximum absolute atomic E-state index is 11.5. The summed E-state index contributed by atoms with van der Waals surface area (Å²) in [5.41, 5.74) is 0. The normalized spacial score (nSPS) is 19.9. The van der Waals surface area contributed by atoms with Crippen LogP contribution in [0.3, 0.4) is 0 Å². The van der Waals surface area contributed by atoms with Gasteiger partial charge in [0, 0.05) is 23.5 Å². The van der Waals surface area contributed by atoms with Crippen molar-refractivity contribution in [2.24, 2.45) is 0 Å². The van der Waals surface area contributed by atoms with Crippen molar-refractivity contribution in [3.05, 3.63) is 28.5 Å². The molecule has 1 aliphatic heterocycles. The third kappa shape index (κ3) is 4.32. The summed E-state index contributed by atoms with van der Waals surface area (Å²) in [6.07, 6.45) is 6.98. The van der Waals surface area contributed by atoms with Gasteiger partial charge in [0.1, 0.15) is 0 Å². The first kappa shape index (κ1) is 12.3. The van der Waals surface area contributed by atoms with Gasteiger partial charge < -0.3 is 10.6 Å². The number of hydrogen-bond acceptors (Lipinski definition) is 3. The van der Waals surface area contributed by atoms with Crippen molar-refractivity contribution in [3.63, 3.8) is 0 Å². The zero-order valence-corrected chi connectivity index (χ0v) is 10.6. The van der Waals surface area contributed by atoms with Crippen molar-refractivity contribution in [1.82, 2.24) is 10.6 Å². The van der Waals surface area contributed by atoms with Gasteiger partial charge in [-0.3, -0.25) is 4.79 Å². The Hall–Kier alpha value is -1.13. The fourth-order valence-electron chi connectivity index (χ4n) is 1.98. The van der Waals surface area contributed by atoms with Crippen molar-refractivity contribution in [1.29, 1.82) is 0 Å². The van der Waals surface area contributed by atoms with Gasteiger partial charge in [0.05, 0.1) is 0 Å². The average molecular weight is 250 g/mol. The quantitative estimate of drug-likeness (QED) is 0.785. The summed E-state index contributed by atoms with van der Waals surface area (Å²) >= 11 is 1.63. The van der Waals surface area contributed by atoms with Crippen LogP contribution >= 0.6 is 11.3 Å². The first-order valence-electron chi connectivity index (χ1n) is 6.07. The minimum Gasteiger partial charge on any atom is -0.352 e. The van der Waals surface area contributed by atoms with E-state index in [1.54, 1.807) is 17.4 Å². The molecule has 1 aromatic rings. The second kappa shape index (κ2) is 6.57. The lowest BCUT2D eigenvalue weighted by molar-refractivity contribution is -0.116. The molecule has 2 rings (SSSR count). The Kier molecular flexibility index (Phi) is 4.76. The summed E-state index contributed by atoms with van der Waals surface area (Å²) < 4.78 is 0. The molecule has 1 atom stereocenters. The second-order valence-corrected chi connectivity index (χ2v) is 5.20. The molecule has 1 saturated heterocycles. The smallest absolute Gasteiger partial charge is 0.244 e. The Morgan fingerprint density at radius 3 is 3.29 bits per heavy atom. The van der Waals surface area contributed by atoms with Crippen LogP contribution in [-0.4, -0.2) is 25.0 Å². The molecule has 2 N–H and O–H groups in total. The van der Waals surface area contributed by atoms with Gasteiger partial charge in [-0.25, -0.2) is 0 Å². The lowest BCUT2D eigenvalue weighted by atomic mass is 10.1. The number of carbonyl (C=O) groups is 1. The molecule has 0 spiro atoms. The molecular weight excluding hydrogens is 232 g/mol. The van der Waals surface area contributed by atoms with Gasteiger partial charge in [-0.15, -0.1) is 11.3 Å². The monoisotopic (exact) mass is 250 g/mol. The lowest BCUT2D eigenvalue weighted by Gasteiger charge is -2.09. The van der Waals surface area contributed by atoms with E-state index in [2.05, 4.69) is 10.6 Å². The van der Waals surface area contributed by atoms with Crippen LogP contribution < -0.4 is 10.6 Å². The van der Waals surface area contributed by atoms with Crippen molar-refractivity contribution in [2.45, 2.75) is 25.3 Å². The Labute approximate surface area is 106 Å². The fraction of sp³-hybridized carbons (Fsp3) is 0.462. The molecule has 17 heavy (non-hydrogen) atoms. The minimum absolute atomic E-state index is 0.00334. The molecule has 92 valence electrons. The van der Waals surface area contributed by atoms with E-state index in [1.807, 2.05) is 23.6 Å². The summed E-state index contributed by atoms with van der Waals surface area (Å²) in [5.74, 6) is -0.00334. The Bertz CT molecular complexity index is 367. The van der Waals surface area contributed by atoms with E-state index in [-0.39, 0.29) is 5.91 Å². The SMILES string of the molecule is O=C(/C=C/c1cccs1)NCCC1CCCN1. The van der Waals surface area contributed by atoms with Gasteiger partial charge in [0.15, 0.2) is 0 Å². The minimum atomic E-state index is -0.00334. The van der Waals surface area contributed by atoms with Crippen LogP contribution in [0.4, 0.5) is 0 Å². The first-order chi connectivity index (χ1) is 8.34. The Balaban J connectivity index is 1.63. The molecule has 0 aromatic carbocycles. The zero-order chi connectivity index (χ0) is 11.9. The largest absolute Gasteiger partial charge is 0.352 e. The highest BCUT2D eigenvalue weighted by atomic mass is 32.1. The summed E-state index contributed by atoms with van der Waals surface area (Å²) in [5, 5.41) is 8.33. The molecule has 1 fully saturated rings. The van der Waals surface area contributed by atoms with E-state index in [9.17, 15) is 4.79 Å². The van der Waals surface area contributed by atoms with E-state index in [1.165, 1.54) is 12.8 Å².